The summed E-state index contributed by atoms with van der Waals surface area (Å²) in [5, 5.41) is 3.97. The molecule has 4 nitrogen and oxygen atoms in total. The molecule has 1 aliphatic rings. The lowest BCUT2D eigenvalue weighted by Gasteiger charge is -2.31. The zero-order valence-electron chi connectivity index (χ0n) is 13.0. The molecule has 0 saturated carbocycles. The maximum absolute atomic E-state index is 6.06. The Balaban J connectivity index is 1.78. The van der Waals surface area contributed by atoms with E-state index < -0.39 is 0 Å². The van der Waals surface area contributed by atoms with Crippen LogP contribution in [0.15, 0.2) is 30.5 Å². The van der Waals surface area contributed by atoms with Gasteiger partial charge < -0.3 is 10.2 Å². The first kappa shape index (κ1) is 15.1. The number of rotatable bonds is 3. The Hall–Kier alpha value is -1.81. The molecule has 1 saturated heterocycles. The lowest BCUT2D eigenvalue weighted by Crippen LogP contribution is -2.33. The van der Waals surface area contributed by atoms with Crippen molar-refractivity contribution in [2.45, 2.75) is 26.7 Å². The molecule has 0 unspecified atom stereocenters. The molecule has 1 aromatic heterocycles. The molecule has 2 aromatic rings. The standard InChI is InChI=1S/C17H21ClN4/c1-12-6-9-22(10-7-12)16-5-8-19-17(21-16)20-15-11-14(18)4-3-13(15)2/h3-5,8,11-12H,6-7,9-10H2,1-2H3,(H,19,20,21). The van der Waals surface area contributed by atoms with E-state index in [1.165, 1.54) is 12.8 Å². The molecule has 3 rings (SSSR count). The number of piperidine rings is 1. The molecule has 1 N–H and O–H groups in total. The Morgan fingerprint density at radius 1 is 1.23 bits per heavy atom. The molecule has 116 valence electrons. The maximum atomic E-state index is 6.06. The fraction of sp³-hybridized carbons (Fsp3) is 0.412. The van der Waals surface area contributed by atoms with E-state index in [0.29, 0.717) is 11.0 Å². The average molecular weight is 317 g/mol. The fourth-order valence-electron chi connectivity index (χ4n) is 2.67. The van der Waals surface area contributed by atoms with E-state index in [-0.39, 0.29) is 0 Å². The van der Waals surface area contributed by atoms with Gasteiger partial charge in [0, 0.05) is 30.0 Å². The van der Waals surface area contributed by atoms with Crippen molar-refractivity contribution in [1.82, 2.24) is 9.97 Å². The molecule has 1 fully saturated rings. The number of anilines is 3. The van der Waals surface area contributed by atoms with Crippen LogP contribution in [0.5, 0.6) is 0 Å². The van der Waals surface area contributed by atoms with Crippen molar-refractivity contribution in [1.29, 1.82) is 0 Å². The van der Waals surface area contributed by atoms with Crippen LogP contribution in [0.2, 0.25) is 5.02 Å². The lowest BCUT2D eigenvalue weighted by molar-refractivity contribution is 0.436. The van der Waals surface area contributed by atoms with Gasteiger partial charge in [0.2, 0.25) is 5.95 Å². The SMILES string of the molecule is Cc1ccc(Cl)cc1Nc1nccc(N2CCC(C)CC2)n1. The largest absolute Gasteiger partial charge is 0.356 e. The Bertz CT molecular complexity index is 651. The molecule has 0 radical (unpaired) electrons. The summed E-state index contributed by atoms with van der Waals surface area (Å²) in [5.74, 6) is 2.41. The molecule has 22 heavy (non-hydrogen) atoms. The van der Waals surface area contributed by atoms with E-state index in [9.17, 15) is 0 Å². The number of nitrogens with zero attached hydrogens (tertiary/aromatic N) is 3. The quantitative estimate of drug-likeness (QED) is 0.910. The van der Waals surface area contributed by atoms with Gasteiger partial charge in [0.15, 0.2) is 0 Å². The van der Waals surface area contributed by atoms with Gasteiger partial charge in [-0.15, -0.1) is 0 Å². The summed E-state index contributed by atoms with van der Waals surface area (Å²) in [6.07, 6.45) is 4.25. The second kappa shape index (κ2) is 6.53. The highest BCUT2D eigenvalue weighted by atomic mass is 35.5. The van der Waals surface area contributed by atoms with Crippen molar-refractivity contribution in [3.63, 3.8) is 0 Å². The summed E-state index contributed by atoms with van der Waals surface area (Å²) in [6, 6.07) is 7.75. The minimum Gasteiger partial charge on any atom is -0.356 e. The molecule has 0 amide bonds. The summed E-state index contributed by atoms with van der Waals surface area (Å²) in [7, 11) is 0. The Kier molecular flexibility index (Phi) is 4.48. The van der Waals surface area contributed by atoms with Crippen molar-refractivity contribution in [2.24, 2.45) is 5.92 Å². The smallest absolute Gasteiger partial charge is 0.229 e. The van der Waals surface area contributed by atoms with E-state index >= 15 is 0 Å². The molecular formula is C17H21ClN4. The zero-order chi connectivity index (χ0) is 15.5. The highest BCUT2D eigenvalue weighted by molar-refractivity contribution is 6.30. The van der Waals surface area contributed by atoms with E-state index in [0.717, 1.165) is 36.1 Å². The van der Waals surface area contributed by atoms with Crippen LogP contribution in [0.4, 0.5) is 17.5 Å². The summed E-state index contributed by atoms with van der Waals surface area (Å²) >= 11 is 6.06. The van der Waals surface area contributed by atoms with Crippen LogP contribution >= 0.6 is 11.6 Å². The van der Waals surface area contributed by atoms with Gasteiger partial charge in [-0.25, -0.2) is 4.98 Å². The first-order valence-electron chi connectivity index (χ1n) is 7.73. The van der Waals surface area contributed by atoms with Crippen molar-refractivity contribution < 1.29 is 0 Å². The Morgan fingerprint density at radius 3 is 2.77 bits per heavy atom. The highest BCUT2D eigenvalue weighted by Crippen LogP contribution is 2.25. The van der Waals surface area contributed by atoms with Crippen LogP contribution in [0.1, 0.15) is 25.3 Å². The van der Waals surface area contributed by atoms with Gasteiger partial charge in [0.25, 0.3) is 0 Å². The number of hydrogen-bond acceptors (Lipinski definition) is 4. The summed E-state index contributed by atoms with van der Waals surface area (Å²) in [6.45, 7) is 6.47. The van der Waals surface area contributed by atoms with Gasteiger partial charge >= 0.3 is 0 Å². The molecule has 2 heterocycles. The van der Waals surface area contributed by atoms with E-state index in [4.69, 9.17) is 11.6 Å². The summed E-state index contributed by atoms with van der Waals surface area (Å²) < 4.78 is 0. The second-order valence-electron chi connectivity index (χ2n) is 5.99. The molecular weight excluding hydrogens is 296 g/mol. The number of hydrogen-bond donors (Lipinski definition) is 1. The van der Waals surface area contributed by atoms with Crippen LogP contribution in [-0.2, 0) is 0 Å². The number of aryl methyl sites for hydroxylation is 1. The van der Waals surface area contributed by atoms with Crippen LogP contribution in [0.3, 0.4) is 0 Å². The molecule has 1 aliphatic heterocycles. The van der Waals surface area contributed by atoms with Gasteiger partial charge in [-0.05, 0) is 49.4 Å². The molecule has 1 aromatic carbocycles. The zero-order valence-corrected chi connectivity index (χ0v) is 13.8. The first-order chi connectivity index (χ1) is 10.6. The van der Waals surface area contributed by atoms with Gasteiger partial charge in [-0.2, -0.15) is 4.98 Å². The average Bonchev–Trinajstić information content (AvgIpc) is 2.52. The van der Waals surface area contributed by atoms with Gasteiger partial charge in [0.1, 0.15) is 5.82 Å². The van der Waals surface area contributed by atoms with E-state index in [1.54, 1.807) is 0 Å². The predicted molar refractivity (Wildman–Crippen MR) is 92.1 cm³/mol. The minimum absolute atomic E-state index is 0.612. The van der Waals surface area contributed by atoms with Crippen LogP contribution in [0, 0.1) is 12.8 Å². The van der Waals surface area contributed by atoms with Crippen molar-refractivity contribution in [3.05, 3.63) is 41.0 Å². The topological polar surface area (TPSA) is 41.1 Å². The number of aromatic nitrogens is 2. The lowest BCUT2D eigenvalue weighted by atomic mass is 9.99. The van der Waals surface area contributed by atoms with Crippen molar-refractivity contribution >= 4 is 29.1 Å². The first-order valence-corrected chi connectivity index (χ1v) is 8.11. The third-order valence-electron chi connectivity index (χ3n) is 4.19. The van der Waals surface area contributed by atoms with Crippen LogP contribution in [-0.4, -0.2) is 23.1 Å². The second-order valence-corrected chi connectivity index (χ2v) is 6.43. The fourth-order valence-corrected chi connectivity index (χ4v) is 2.84. The predicted octanol–water partition coefficient (Wildman–Crippen LogP) is 4.42. The number of nitrogens with one attached hydrogen (secondary N) is 1. The number of benzene rings is 1. The summed E-state index contributed by atoms with van der Waals surface area (Å²) in [5.41, 5.74) is 2.06. The van der Waals surface area contributed by atoms with Gasteiger partial charge in [0.05, 0.1) is 0 Å². The van der Waals surface area contributed by atoms with E-state index in [2.05, 4.69) is 27.1 Å². The molecule has 0 bridgehead atoms. The number of halogens is 1. The molecule has 0 spiro atoms. The third-order valence-corrected chi connectivity index (χ3v) is 4.43. The van der Waals surface area contributed by atoms with Crippen LogP contribution in [0.25, 0.3) is 0 Å². The monoisotopic (exact) mass is 316 g/mol. The normalized spacial score (nSPS) is 15.9. The van der Waals surface area contributed by atoms with Crippen molar-refractivity contribution in [3.8, 4) is 0 Å². The van der Waals surface area contributed by atoms with Gasteiger partial charge in [-0.3, -0.25) is 0 Å². The van der Waals surface area contributed by atoms with Crippen molar-refractivity contribution in [2.75, 3.05) is 23.3 Å². The van der Waals surface area contributed by atoms with Gasteiger partial charge in [-0.1, -0.05) is 24.6 Å². The maximum Gasteiger partial charge on any atom is 0.229 e. The third kappa shape index (κ3) is 3.50. The molecule has 5 heteroatoms. The molecule has 0 atom stereocenters. The van der Waals surface area contributed by atoms with E-state index in [1.807, 2.05) is 37.4 Å². The summed E-state index contributed by atoms with van der Waals surface area (Å²) in [4.78, 5) is 11.3. The Morgan fingerprint density at radius 2 is 2.00 bits per heavy atom. The van der Waals surface area contributed by atoms with Crippen LogP contribution < -0.4 is 10.2 Å². The highest BCUT2D eigenvalue weighted by Gasteiger charge is 2.17. The minimum atomic E-state index is 0.612. The Labute approximate surface area is 136 Å². The molecule has 0 aliphatic carbocycles.